The van der Waals surface area contributed by atoms with Crippen LogP contribution in [0.5, 0.6) is 5.75 Å². The lowest BCUT2D eigenvalue weighted by Gasteiger charge is -2.22. The Morgan fingerprint density at radius 2 is 2.14 bits per heavy atom. The van der Waals surface area contributed by atoms with Gasteiger partial charge >= 0.3 is 12.1 Å². The van der Waals surface area contributed by atoms with Gasteiger partial charge in [0, 0.05) is 23.0 Å². The van der Waals surface area contributed by atoms with Crippen molar-refractivity contribution in [2.24, 2.45) is 0 Å². The van der Waals surface area contributed by atoms with Crippen molar-refractivity contribution in [3.05, 3.63) is 27.7 Å². The molecule has 0 saturated heterocycles. The number of benzene rings is 1. The monoisotopic (exact) mass is 367 g/mol. The molecule has 0 radical (unpaired) electrons. The number of rotatable bonds is 5. The van der Waals surface area contributed by atoms with Crippen LogP contribution < -0.4 is 4.74 Å². The number of carbonyl (C=O) groups is 1. The molecule has 0 atom stereocenters. The van der Waals surface area contributed by atoms with Gasteiger partial charge < -0.3 is 9.84 Å². The van der Waals surface area contributed by atoms with Crippen molar-refractivity contribution in [1.82, 2.24) is 4.90 Å². The van der Waals surface area contributed by atoms with Crippen LogP contribution in [0.2, 0.25) is 0 Å². The molecule has 1 aliphatic rings. The standard InChI is InChI=1S/C13H13BrF3NO3/c14-10-3-8-1-2-21-12(8)9(4-10)5-18(6-11(19)20)7-13(15,16)17/h3-4H,1-2,5-7H2,(H,19,20). The van der Waals surface area contributed by atoms with E-state index >= 15 is 0 Å². The molecular weight excluding hydrogens is 355 g/mol. The summed E-state index contributed by atoms with van der Waals surface area (Å²) in [6, 6.07) is 3.52. The maximum atomic E-state index is 12.5. The van der Waals surface area contributed by atoms with E-state index in [-0.39, 0.29) is 6.54 Å². The van der Waals surface area contributed by atoms with Gasteiger partial charge in [-0.2, -0.15) is 13.2 Å². The SMILES string of the molecule is O=C(O)CN(Cc1cc(Br)cc2c1OCC2)CC(F)(F)F. The largest absolute Gasteiger partial charge is 0.493 e. The highest BCUT2D eigenvalue weighted by Gasteiger charge is 2.32. The number of fused-ring (bicyclic) bond motifs is 1. The summed E-state index contributed by atoms with van der Waals surface area (Å²) in [6.07, 6.45) is -3.76. The Morgan fingerprint density at radius 3 is 2.76 bits per heavy atom. The highest BCUT2D eigenvalue weighted by atomic mass is 79.9. The van der Waals surface area contributed by atoms with Crippen molar-refractivity contribution >= 4 is 21.9 Å². The average molecular weight is 368 g/mol. The van der Waals surface area contributed by atoms with Gasteiger partial charge in [0.2, 0.25) is 0 Å². The minimum absolute atomic E-state index is 0.131. The number of nitrogens with zero attached hydrogens (tertiary/aromatic N) is 1. The van der Waals surface area contributed by atoms with Crippen LogP contribution in [0.25, 0.3) is 0 Å². The van der Waals surface area contributed by atoms with E-state index in [0.717, 1.165) is 14.9 Å². The Hall–Kier alpha value is -1.28. The maximum Gasteiger partial charge on any atom is 0.401 e. The fourth-order valence-electron chi connectivity index (χ4n) is 2.32. The molecule has 1 aliphatic heterocycles. The van der Waals surface area contributed by atoms with Crippen LogP contribution in [0, 0.1) is 0 Å². The zero-order chi connectivity index (χ0) is 15.6. The topological polar surface area (TPSA) is 49.8 Å². The minimum Gasteiger partial charge on any atom is -0.493 e. The molecule has 1 N–H and O–H groups in total. The lowest BCUT2D eigenvalue weighted by atomic mass is 10.1. The van der Waals surface area contributed by atoms with Crippen molar-refractivity contribution in [1.29, 1.82) is 0 Å². The van der Waals surface area contributed by atoms with E-state index in [9.17, 15) is 18.0 Å². The van der Waals surface area contributed by atoms with E-state index < -0.39 is 25.2 Å². The molecule has 0 bridgehead atoms. The molecule has 1 heterocycles. The quantitative estimate of drug-likeness (QED) is 0.869. The van der Waals surface area contributed by atoms with Gasteiger partial charge in [0.25, 0.3) is 0 Å². The Balaban J connectivity index is 2.22. The first-order valence-electron chi connectivity index (χ1n) is 6.19. The van der Waals surface area contributed by atoms with Crippen LogP contribution in [0.4, 0.5) is 13.2 Å². The third-order valence-corrected chi connectivity index (χ3v) is 3.44. The molecule has 0 spiro atoms. The van der Waals surface area contributed by atoms with Crippen LogP contribution >= 0.6 is 15.9 Å². The zero-order valence-corrected chi connectivity index (χ0v) is 12.5. The molecule has 116 valence electrons. The number of carboxylic acids is 1. The van der Waals surface area contributed by atoms with E-state index in [1.807, 2.05) is 6.07 Å². The Labute approximate surface area is 127 Å². The molecule has 1 aromatic rings. The third-order valence-electron chi connectivity index (χ3n) is 2.98. The molecule has 21 heavy (non-hydrogen) atoms. The highest BCUT2D eigenvalue weighted by molar-refractivity contribution is 9.10. The molecule has 0 unspecified atom stereocenters. The van der Waals surface area contributed by atoms with Gasteiger partial charge in [-0.05, 0) is 17.7 Å². The van der Waals surface area contributed by atoms with E-state index in [4.69, 9.17) is 9.84 Å². The molecular formula is C13H13BrF3NO3. The fraction of sp³-hybridized carbons (Fsp3) is 0.462. The van der Waals surface area contributed by atoms with Gasteiger partial charge in [-0.1, -0.05) is 15.9 Å². The third kappa shape index (κ3) is 4.60. The summed E-state index contributed by atoms with van der Waals surface area (Å²) < 4.78 is 43.8. The first kappa shape index (κ1) is 16.1. The van der Waals surface area contributed by atoms with Gasteiger partial charge in [0.05, 0.1) is 19.7 Å². The van der Waals surface area contributed by atoms with Gasteiger partial charge in [0.1, 0.15) is 5.75 Å². The molecule has 8 heteroatoms. The Kier molecular flexibility index (Phi) is 4.77. The summed E-state index contributed by atoms with van der Waals surface area (Å²) in [5.74, 6) is -0.734. The smallest absolute Gasteiger partial charge is 0.401 e. The maximum absolute atomic E-state index is 12.5. The number of aliphatic carboxylic acids is 1. The number of hydrogen-bond donors (Lipinski definition) is 1. The van der Waals surface area contributed by atoms with E-state index in [0.29, 0.717) is 24.3 Å². The summed E-state index contributed by atoms with van der Waals surface area (Å²) in [5.41, 5.74) is 1.48. The second kappa shape index (κ2) is 6.23. The van der Waals surface area contributed by atoms with Gasteiger partial charge in [0.15, 0.2) is 0 Å². The van der Waals surface area contributed by atoms with Crippen LogP contribution in [0.1, 0.15) is 11.1 Å². The lowest BCUT2D eigenvalue weighted by molar-refractivity contribution is -0.154. The predicted octanol–water partition coefficient (Wildman–Crippen LogP) is 2.83. The van der Waals surface area contributed by atoms with E-state index in [1.165, 1.54) is 0 Å². The van der Waals surface area contributed by atoms with Crippen molar-refractivity contribution in [3.8, 4) is 5.75 Å². The molecule has 0 aromatic heterocycles. The Bertz CT molecular complexity index is 548. The molecule has 1 aromatic carbocycles. The second-order valence-electron chi connectivity index (χ2n) is 4.81. The van der Waals surface area contributed by atoms with Crippen LogP contribution in [-0.4, -0.2) is 41.8 Å². The van der Waals surface area contributed by atoms with Gasteiger partial charge in [-0.15, -0.1) is 0 Å². The van der Waals surface area contributed by atoms with Crippen LogP contribution in [0.3, 0.4) is 0 Å². The van der Waals surface area contributed by atoms with Crippen molar-refractivity contribution < 1.29 is 27.8 Å². The molecule has 4 nitrogen and oxygen atoms in total. The molecule has 2 rings (SSSR count). The first-order valence-corrected chi connectivity index (χ1v) is 6.99. The van der Waals surface area contributed by atoms with Gasteiger partial charge in [-0.3, -0.25) is 9.69 Å². The minimum atomic E-state index is -4.45. The summed E-state index contributed by atoms with van der Waals surface area (Å²) >= 11 is 3.31. The normalized spacial score (nSPS) is 14.1. The molecule has 0 amide bonds. The van der Waals surface area contributed by atoms with Crippen molar-refractivity contribution in [3.63, 3.8) is 0 Å². The molecule has 0 saturated carbocycles. The van der Waals surface area contributed by atoms with E-state index in [2.05, 4.69) is 15.9 Å². The van der Waals surface area contributed by atoms with E-state index in [1.54, 1.807) is 6.07 Å². The fourth-order valence-corrected chi connectivity index (χ4v) is 2.87. The number of hydrogen-bond acceptors (Lipinski definition) is 3. The summed E-state index contributed by atoms with van der Waals surface area (Å²) in [5, 5.41) is 8.76. The number of ether oxygens (including phenoxy) is 1. The van der Waals surface area contributed by atoms with Gasteiger partial charge in [-0.25, -0.2) is 0 Å². The number of alkyl halides is 3. The van der Waals surface area contributed by atoms with Crippen molar-refractivity contribution in [2.45, 2.75) is 19.1 Å². The second-order valence-corrected chi connectivity index (χ2v) is 5.72. The lowest BCUT2D eigenvalue weighted by Crippen LogP contribution is -2.37. The number of carboxylic acid groups (broad SMARTS) is 1. The first-order chi connectivity index (χ1) is 9.74. The summed E-state index contributed by atoms with van der Waals surface area (Å²) in [6.45, 7) is -1.61. The summed E-state index contributed by atoms with van der Waals surface area (Å²) in [7, 11) is 0. The van der Waals surface area contributed by atoms with Crippen LogP contribution in [0.15, 0.2) is 16.6 Å². The molecule has 0 aliphatic carbocycles. The zero-order valence-electron chi connectivity index (χ0n) is 10.9. The molecule has 0 fully saturated rings. The predicted molar refractivity (Wildman–Crippen MR) is 72.3 cm³/mol. The average Bonchev–Trinajstić information content (AvgIpc) is 2.73. The number of halogens is 4. The highest BCUT2D eigenvalue weighted by Crippen LogP contribution is 2.34. The summed E-state index contributed by atoms with van der Waals surface area (Å²) in [4.78, 5) is 11.6. The van der Waals surface area contributed by atoms with Crippen LogP contribution in [-0.2, 0) is 17.8 Å². The Morgan fingerprint density at radius 1 is 1.43 bits per heavy atom. The van der Waals surface area contributed by atoms with Crippen molar-refractivity contribution in [2.75, 3.05) is 19.7 Å².